The van der Waals surface area contributed by atoms with Crippen molar-refractivity contribution in [2.45, 2.75) is 82.8 Å². The predicted octanol–water partition coefficient (Wildman–Crippen LogP) is 5.20. The molecule has 2 fully saturated rings. The fourth-order valence-electron chi connectivity index (χ4n) is 4.13. The molecular weight excluding hydrogens is 280 g/mol. The van der Waals surface area contributed by atoms with Gasteiger partial charge in [0.25, 0.3) is 0 Å². The Morgan fingerprint density at radius 1 is 0.952 bits per heavy atom. The van der Waals surface area contributed by atoms with Crippen LogP contribution < -0.4 is 0 Å². The minimum atomic E-state index is 0.625. The highest BCUT2D eigenvalue weighted by molar-refractivity contribution is 6.29. The fourth-order valence-corrected chi connectivity index (χ4v) is 4.33. The SMILES string of the molecule is Clc1cc(CN(C2CCCCC2)C2CCCCC2)ccn1. The zero-order valence-electron chi connectivity index (χ0n) is 12.9. The third-order valence-corrected chi connectivity index (χ3v) is 5.45. The van der Waals surface area contributed by atoms with E-state index in [4.69, 9.17) is 11.6 Å². The van der Waals surface area contributed by atoms with Gasteiger partial charge in [-0.25, -0.2) is 4.98 Å². The van der Waals surface area contributed by atoms with Crippen molar-refractivity contribution in [2.24, 2.45) is 0 Å². The average molecular weight is 307 g/mol. The van der Waals surface area contributed by atoms with E-state index in [9.17, 15) is 0 Å². The van der Waals surface area contributed by atoms with Gasteiger partial charge in [0.2, 0.25) is 0 Å². The van der Waals surface area contributed by atoms with Gasteiger partial charge in [0.1, 0.15) is 5.15 Å². The van der Waals surface area contributed by atoms with Crippen LogP contribution in [0.15, 0.2) is 18.3 Å². The third-order valence-electron chi connectivity index (χ3n) is 5.24. The Bertz CT molecular complexity index is 419. The molecule has 0 amide bonds. The second-order valence-corrected chi connectivity index (χ2v) is 7.13. The van der Waals surface area contributed by atoms with Gasteiger partial charge < -0.3 is 0 Å². The molecule has 2 aliphatic carbocycles. The Morgan fingerprint density at radius 2 is 1.52 bits per heavy atom. The Morgan fingerprint density at radius 3 is 2.05 bits per heavy atom. The van der Waals surface area contributed by atoms with Crippen LogP contribution in [0.3, 0.4) is 0 Å². The molecule has 2 nitrogen and oxygen atoms in total. The Kier molecular flexibility index (Phi) is 5.54. The molecule has 1 aromatic rings. The number of nitrogens with zero attached hydrogens (tertiary/aromatic N) is 2. The summed E-state index contributed by atoms with van der Waals surface area (Å²) < 4.78 is 0. The summed E-state index contributed by atoms with van der Waals surface area (Å²) in [5.41, 5.74) is 1.33. The lowest BCUT2D eigenvalue weighted by atomic mass is 9.88. The van der Waals surface area contributed by atoms with Crippen LogP contribution in [0.4, 0.5) is 0 Å². The highest BCUT2D eigenvalue weighted by Crippen LogP contribution is 2.31. The molecule has 1 heterocycles. The molecule has 21 heavy (non-hydrogen) atoms. The summed E-state index contributed by atoms with van der Waals surface area (Å²) in [5.74, 6) is 0. The highest BCUT2D eigenvalue weighted by Gasteiger charge is 2.28. The van der Waals surface area contributed by atoms with Gasteiger partial charge in [0.15, 0.2) is 0 Å². The van der Waals surface area contributed by atoms with Crippen LogP contribution in [-0.2, 0) is 6.54 Å². The summed E-state index contributed by atoms with van der Waals surface area (Å²) in [7, 11) is 0. The molecule has 0 radical (unpaired) electrons. The van der Waals surface area contributed by atoms with Crippen LogP contribution >= 0.6 is 11.6 Å². The molecule has 2 aliphatic rings. The summed E-state index contributed by atoms with van der Waals surface area (Å²) in [6.45, 7) is 1.05. The standard InChI is InChI=1S/C18H27ClN2/c19-18-13-15(11-12-20-18)14-21(16-7-3-1-4-8-16)17-9-5-2-6-10-17/h11-13,16-17H,1-10,14H2. The average Bonchev–Trinajstić information content (AvgIpc) is 2.54. The van der Waals surface area contributed by atoms with E-state index in [1.54, 1.807) is 0 Å². The number of pyridine rings is 1. The lowest BCUT2D eigenvalue weighted by Crippen LogP contribution is -2.44. The van der Waals surface area contributed by atoms with Crippen LogP contribution in [0, 0.1) is 0 Å². The largest absolute Gasteiger partial charge is 0.293 e. The summed E-state index contributed by atoms with van der Waals surface area (Å²) in [5, 5.41) is 0.625. The topological polar surface area (TPSA) is 16.1 Å². The smallest absolute Gasteiger partial charge is 0.129 e. The van der Waals surface area contributed by atoms with E-state index in [0.717, 1.165) is 18.6 Å². The van der Waals surface area contributed by atoms with Crippen molar-refractivity contribution < 1.29 is 0 Å². The second kappa shape index (κ2) is 7.60. The van der Waals surface area contributed by atoms with Gasteiger partial charge >= 0.3 is 0 Å². The maximum absolute atomic E-state index is 6.07. The molecule has 0 bridgehead atoms. The molecule has 0 saturated heterocycles. The molecule has 3 rings (SSSR count). The van der Waals surface area contributed by atoms with Crippen molar-refractivity contribution >= 4 is 11.6 Å². The summed E-state index contributed by atoms with van der Waals surface area (Å²) >= 11 is 6.07. The minimum absolute atomic E-state index is 0.625. The van der Waals surface area contributed by atoms with E-state index in [1.165, 1.54) is 69.8 Å². The molecule has 0 aromatic carbocycles. The molecule has 0 unspecified atom stereocenters. The van der Waals surface area contributed by atoms with Gasteiger partial charge in [-0.2, -0.15) is 0 Å². The van der Waals surface area contributed by atoms with E-state index >= 15 is 0 Å². The first kappa shape index (κ1) is 15.3. The van der Waals surface area contributed by atoms with E-state index in [-0.39, 0.29) is 0 Å². The highest BCUT2D eigenvalue weighted by atomic mass is 35.5. The number of hydrogen-bond donors (Lipinski definition) is 0. The molecule has 0 aliphatic heterocycles. The van der Waals surface area contributed by atoms with Crippen molar-refractivity contribution in [3.8, 4) is 0 Å². The first-order valence-corrected chi connectivity index (χ1v) is 9.07. The number of rotatable bonds is 4. The van der Waals surface area contributed by atoms with E-state index in [2.05, 4.69) is 16.0 Å². The van der Waals surface area contributed by atoms with Crippen LogP contribution in [0.1, 0.15) is 69.8 Å². The van der Waals surface area contributed by atoms with Crippen LogP contribution in [0.5, 0.6) is 0 Å². The van der Waals surface area contributed by atoms with Crippen molar-refractivity contribution in [3.05, 3.63) is 29.0 Å². The fraction of sp³-hybridized carbons (Fsp3) is 0.722. The zero-order chi connectivity index (χ0) is 14.5. The van der Waals surface area contributed by atoms with Gasteiger partial charge in [-0.1, -0.05) is 50.1 Å². The van der Waals surface area contributed by atoms with Gasteiger partial charge in [0, 0.05) is 24.8 Å². The number of aromatic nitrogens is 1. The first-order valence-electron chi connectivity index (χ1n) is 8.69. The Balaban J connectivity index is 1.73. The molecule has 0 atom stereocenters. The summed E-state index contributed by atoms with van der Waals surface area (Å²) in [4.78, 5) is 6.93. The van der Waals surface area contributed by atoms with Crippen LogP contribution in [-0.4, -0.2) is 22.0 Å². The maximum atomic E-state index is 6.07. The van der Waals surface area contributed by atoms with Crippen molar-refractivity contribution in [2.75, 3.05) is 0 Å². The minimum Gasteiger partial charge on any atom is -0.293 e. The predicted molar refractivity (Wildman–Crippen MR) is 88.5 cm³/mol. The first-order chi connectivity index (χ1) is 10.3. The Hall–Kier alpha value is -0.600. The Labute approximate surface area is 133 Å². The summed E-state index contributed by atoms with van der Waals surface area (Å²) in [6.07, 6.45) is 15.9. The second-order valence-electron chi connectivity index (χ2n) is 6.74. The quantitative estimate of drug-likeness (QED) is 0.711. The van der Waals surface area contributed by atoms with Crippen LogP contribution in [0.2, 0.25) is 5.15 Å². The van der Waals surface area contributed by atoms with Crippen molar-refractivity contribution in [1.82, 2.24) is 9.88 Å². The normalized spacial score (nSPS) is 21.8. The van der Waals surface area contributed by atoms with Gasteiger partial charge in [-0.3, -0.25) is 4.90 Å². The molecule has 3 heteroatoms. The van der Waals surface area contributed by atoms with Crippen molar-refractivity contribution in [3.63, 3.8) is 0 Å². The van der Waals surface area contributed by atoms with E-state index < -0.39 is 0 Å². The number of halogens is 1. The lowest BCUT2D eigenvalue weighted by molar-refractivity contribution is 0.0731. The zero-order valence-corrected chi connectivity index (χ0v) is 13.7. The molecular formula is C18H27ClN2. The molecule has 0 N–H and O–H groups in total. The molecule has 0 spiro atoms. The van der Waals surface area contributed by atoms with E-state index in [0.29, 0.717) is 5.15 Å². The monoisotopic (exact) mass is 306 g/mol. The maximum Gasteiger partial charge on any atom is 0.129 e. The van der Waals surface area contributed by atoms with Crippen LogP contribution in [0.25, 0.3) is 0 Å². The third kappa shape index (κ3) is 4.20. The van der Waals surface area contributed by atoms with E-state index in [1.807, 2.05) is 12.3 Å². The van der Waals surface area contributed by atoms with Crippen molar-refractivity contribution in [1.29, 1.82) is 0 Å². The van der Waals surface area contributed by atoms with Gasteiger partial charge in [0.05, 0.1) is 0 Å². The number of hydrogen-bond acceptors (Lipinski definition) is 2. The molecule has 116 valence electrons. The van der Waals surface area contributed by atoms with Gasteiger partial charge in [-0.05, 0) is 43.4 Å². The molecule has 2 saturated carbocycles. The molecule has 1 aromatic heterocycles. The summed E-state index contributed by atoms with van der Waals surface area (Å²) in [6, 6.07) is 5.74. The van der Waals surface area contributed by atoms with Gasteiger partial charge in [-0.15, -0.1) is 0 Å². The lowest BCUT2D eigenvalue weighted by Gasteiger charge is -2.41.